The van der Waals surface area contributed by atoms with Crippen LogP contribution >= 0.6 is 0 Å². The fourth-order valence-corrected chi connectivity index (χ4v) is 3.51. The molecular weight excluding hydrogens is 377 g/mol. The zero-order valence-electron chi connectivity index (χ0n) is 16.5. The van der Waals surface area contributed by atoms with Gasteiger partial charge in [0.25, 0.3) is 5.91 Å². The summed E-state index contributed by atoms with van der Waals surface area (Å²) >= 11 is 0. The maximum absolute atomic E-state index is 14.4. The SMILES string of the molecule is Cc1ccc2nc(-c3ccccc3)c(C)c(C(=O)Nc3ccc(C#N)cc3F)c2c1. The second kappa shape index (κ2) is 7.76. The standard InChI is InChI=1S/C25H18FN3O/c1-15-8-10-21-19(12-15)23(16(2)24(28-21)18-6-4-3-5-7-18)25(30)29-22-11-9-17(14-27)13-20(22)26/h3-13H,1-2H3,(H,29,30). The monoisotopic (exact) mass is 395 g/mol. The van der Waals surface area contributed by atoms with Gasteiger partial charge >= 0.3 is 0 Å². The van der Waals surface area contributed by atoms with Gasteiger partial charge in [0.05, 0.1) is 34.1 Å². The zero-order valence-corrected chi connectivity index (χ0v) is 16.5. The second-order valence-electron chi connectivity index (χ2n) is 7.11. The minimum atomic E-state index is -0.655. The number of anilines is 1. The van der Waals surface area contributed by atoms with Gasteiger partial charge in [-0.25, -0.2) is 9.37 Å². The molecule has 0 unspecified atom stereocenters. The van der Waals surface area contributed by atoms with Crippen molar-refractivity contribution in [3.8, 4) is 17.3 Å². The second-order valence-corrected chi connectivity index (χ2v) is 7.11. The van der Waals surface area contributed by atoms with Crippen molar-refractivity contribution >= 4 is 22.5 Å². The third kappa shape index (κ3) is 3.51. The molecule has 0 aliphatic heterocycles. The molecule has 1 aromatic heterocycles. The van der Waals surface area contributed by atoms with E-state index in [1.807, 2.05) is 68.4 Å². The van der Waals surface area contributed by atoms with Crippen LogP contribution in [0, 0.1) is 31.0 Å². The van der Waals surface area contributed by atoms with Crippen LogP contribution in [0.1, 0.15) is 27.0 Å². The molecule has 0 saturated carbocycles. The van der Waals surface area contributed by atoms with Gasteiger partial charge < -0.3 is 5.32 Å². The van der Waals surface area contributed by atoms with E-state index in [0.29, 0.717) is 27.7 Å². The Bertz CT molecular complexity index is 1320. The number of aryl methyl sites for hydroxylation is 1. The minimum absolute atomic E-state index is 0.0253. The van der Waals surface area contributed by atoms with Crippen molar-refractivity contribution in [3.05, 3.63) is 94.8 Å². The number of carbonyl (C=O) groups is 1. The van der Waals surface area contributed by atoms with Crippen LogP contribution in [-0.2, 0) is 0 Å². The molecule has 1 amide bonds. The van der Waals surface area contributed by atoms with Gasteiger partial charge in [0.15, 0.2) is 0 Å². The Balaban J connectivity index is 1.88. The van der Waals surface area contributed by atoms with E-state index >= 15 is 0 Å². The lowest BCUT2D eigenvalue weighted by atomic mass is 9.96. The largest absolute Gasteiger partial charge is 0.319 e. The topological polar surface area (TPSA) is 65.8 Å². The van der Waals surface area contributed by atoms with E-state index in [1.54, 1.807) is 0 Å². The number of pyridine rings is 1. The summed E-state index contributed by atoms with van der Waals surface area (Å²) in [5, 5.41) is 12.3. The molecule has 0 fully saturated rings. The van der Waals surface area contributed by atoms with E-state index in [0.717, 1.165) is 17.2 Å². The van der Waals surface area contributed by atoms with Gasteiger partial charge in [-0.15, -0.1) is 0 Å². The summed E-state index contributed by atoms with van der Waals surface area (Å²) in [6.07, 6.45) is 0. The molecule has 0 bridgehead atoms. The zero-order chi connectivity index (χ0) is 21.3. The Morgan fingerprint density at radius 3 is 2.50 bits per heavy atom. The molecule has 0 radical (unpaired) electrons. The highest BCUT2D eigenvalue weighted by Crippen LogP contribution is 2.31. The smallest absolute Gasteiger partial charge is 0.256 e. The normalized spacial score (nSPS) is 10.6. The lowest BCUT2D eigenvalue weighted by Crippen LogP contribution is -2.16. The number of amides is 1. The molecule has 146 valence electrons. The van der Waals surface area contributed by atoms with E-state index in [2.05, 4.69) is 5.32 Å². The number of rotatable bonds is 3. The molecule has 1 heterocycles. The van der Waals surface area contributed by atoms with Crippen molar-refractivity contribution in [2.75, 3.05) is 5.32 Å². The summed E-state index contributed by atoms with van der Waals surface area (Å²) in [6.45, 7) is 3.79. The van der Waals surface area contributed by atoms with Gasteiger partial charge in [0.1, 0.15) is 5.82 Å². The first-order valence-electron chi connectivity index (χ1n) is 9.45. The molecule has 4 aromatic rings. The van der Waals surface area contributed by atoms with Gasteiger partial charge in [-0.05, 0) is 49.7 Å². The number of aromatic nitrogens is 1. The number of hydrogen-bond acceptors (Lipinski definition) is 3. The molecule has 0 aliphatic carbocycles. The molecule has 0 aliphatic rings. The van der Waals surface area contributed by atoms with Crippen LogP contribution in [0.3, 0.4) is 0 Å². The number of nitrogens with one attached hydrogen (secondary N) is 1. The fourth-order valence-electron chi connectivity index (χ4n) is 3.51. The minimum Gasteiger partial charge on any atom is -0.319 e. The first-order valence-corrected chi connectivity index (χ1v) is 9.45. The van der Waals surface area contributed by atoms with E-state index in [9.17, 15) is 9.18 Å². The first kappa shape index (κ1) is 19.3. The van der Waals surface area contributed by atoms with Crippen LogP contribution in [0.25, 0.3) is 22.2 Å². The van der Waals surface area contributed by atoms with Crippen LogP contribution in [0.5, 0.6) is 0 Å². The van der Waals surface area contributed by atoms with Crippen molar-refractivity contribution < 1.29 is 9.18 Å². The van der Waals surface area contributed by atoms with E-state index in [1.165, 1.54) is 12.1 Å². The summed E-state index contributed by atoms with van der Waals surface area (Å²) in [5.41, 5.74) is 4.67. The van der Waals surface area contributed by atoms with Crippen molar-refractivity contribution in [2.45, 2.75) is 13.8 Å². The van der Waals surface area contributed by atoms with Gasteiger partial charge in [-0.3, -0.25) is 4.79 Å². The average Bonchev–Trinajstić information content (AvgIpc) is 2.75. The maximum atomic E-state index is 14.4. The predicted octanol–water partition coefficient (Wildman–Crippen LogP) is 5.78. The molecule has 0 spiro atoms. The lowest BCUT2D eigenvalue weighted by molar-refractivity contribution is 0.102. The van der Waals surface area contributed by atoms with E-state index < -0.39 is 11.7 Å². The van der Waals surface area contributed by atoms with Crippen molar-refractivity contribution in [1.82, 2.24) is 4.98 Å². The Kier molecular flexibility index (Phi) is 4.99. The highest BCUT2D eigenvalue weighted by Gasteiger charge is 2.20. The number of hydrogen-bond donors (Lipinski definition) is 1. The quantitative estimate of drug-likeness (QED) is 0.478. The lowest BCUT2D eigenvalue weighted by Gasteiger charge is -2.15. The number of nitrogens with zero attached hydrogens (tertiary/aromatic N) is 2. The Morgan fingerprint density at radius 1 is 1.03 bits per heavy atom. The maximum Gasteiger partial charge on any atom is 0.256 e. The first-order chi connectivity index (χ1) is 14.5. The summed E-state index contributed by atoms with van der Waals surface area (Å²) in [6, 6.07) is 21.2. The fraction of sp³-hybridized carbons (Fsp3) is 0.0800. The summed E-state index contributed by atoms with van der Waals surface area (Å²) < 4.78 is 14.4. The van der Waals surface area contributed by atoms with Crippen molar-refractivity contribution in [2.24, 2.45) is 0 Å². The van der Waals surface area contributed by atoms with Gasteiger partial charge in [0, 0.05) is 10.9 Å². The van der Waals surface area contributed by atoms with Gasteiger partial charge in [0.2, 0.25) is 0 Å². The van der Waals surface area contributed by atoms with Crippen molar-refractivity contribution in [1.29, 1.82) is 5.26 Å². The summed E-state index contributed by atoms with van der Waals surface area (Å²) in [5.74, 6) is -1.08. The van der Waals surface area contributed by atoms with Crippen molar-refractivity contribution in [3.63, 3.8) is 0 Å². The third-order valence-electron chi connectivity index (χ3n) is 5.00. The van der Waals surface area contributed by atoms with E-state index in [-0.39, 0.29) is 11.3 Å². The molecule has 3 aromatic carbocycles. The van der Waals surface area contributed by atoms with Crippen LogP contribution in [-0.4, -0.2) is 10.9 Å². The molecule has 5 heteroatoms. The Hall–Kier alpha value is -4.04. The number of benzene rings is 3. The third-order valence-corrected chi connectivity index (χ3v) is 5.00. The summed E-state index contributed by atoms with van der Waals surface area (Å²) in [4.78, 5) is 18.1. The number of fused-ring (bicyclic) bond motifs is 1. The molecule has 0 saturated heterocycles. The van der Waals surface area contributed by atoms with Gasteiger partial charge in [-0.1, -0.05) is 42.0 Å². The van der Waals surface area contributed by atoms with Crippen LogP contribution in [0.15, 0.2) is 66.7 Å². The number of carbonyl (C=O) groups excluding carboxylic acids is 1. The molecule has 1 N–H and O–H groups in total. The molecule has 30 heavy (non-hydrogen) atoms. The molecule has 4 rings (SSSR count). The Morgan fingerprint density at radius 2 is 1.80 bits per heavy atom. The van der Waals surface area contributed by atoms with Gasteiger partial charge in [-0.2, -0.15) is 5.26 Å². The Labute approximate surface area is 173 Å². The highest BCUT2D eigenvalue weighted by molar-refractivity contribution is 6.14. The molecule has 0 atom stereocenters. The van der Waals surface area contributed by atoms with Crippen LogP contribution in [0.4, 0.5) is 10.1 Å². The number of halogens is 1. The van der Waals surface area contributed by atoms with E-state index in [4.69, 9.17) is 10.2 Å². The van der Waals surface area contributed by atoms with Crippen LogP contribution < -0.4 is 5.32 Å². The highest BCUT2D eigenvalue weighted by atomic mass is 19.1. The average molecular weight is 395 g/mol. The predicted molar refractivity (Wildman–Crippen MR) is 116 cm³/mol. The molecule has 4 nitrogen and oxygen atoms in total. The summed E-state index contributed by atoms with van der Waals surface area (Å²) in [7, 11) is 0. The number of nitriles is 1. The van der Waals surface area contributed by atoms with Crippen LogP contribution in [0.2, 0.25) is 0 Å². The molecular formula is C25H18FN3O.